The van der Waals surface area contributed by atoms with E-state index in [0.29, 0.717) is 5.91 Å². The van der Waals surface area contributed by atoms with Gasteiger partial charge in [-0.15, -0.1) is 0 Å². The second-order valence-electron chi connectivity index (χ2n) is 8.56. The molecule has 0 aromatic heterocycles. The predicted octanol–water partition coefficient (Wildman–Crippen LogP) is 2.54. The van der Waals surface area contributed by atoms with Gasteiger partial charge in [-0.3, -0.25) is 19.5 Å². The summed E-state index contributed by atoms with van der Waals surface area (Å²) < 4.78 is 0. The number of hydrogen-bond acceptors (Lipinski definition) is 4. The van der Waals surface area contributed by atoms with E-state index in [9.17, 15) is 4.79 Å². The Kier molecular flexibility index (Phi) is 7.16. The van der Waals surface area contributed by atoms with Crippen molar-refractivity contribution in [3.63, 3.8) is 0 Å². The van der Waals surface area contributed by atoms with Gasteiger partial charge in [0.15, 0.2) is 0 Å². The molecule has 2 aliphatic heterocycles. The zero-order chi connectivity index (χ0) is 20.8. The molecule has 2 fully saturated rings. The maximum absolute atomic E-state index is 13.1. The van der Waals surface area contributed by atoms with Gasteiger partial charge in [-0.1, -0.05) is 60.7 Å². The van der Waals surface area contributed by atoms with Crippen molar-refractivity contribution in [3.8, 4) is 0 Å². The normalized spacial score (nSPS) is 20.2. The molecule has 0 saturated carbocycles. The van der Waals surface area contributed by atoms with Crippen molar-refractivity contribution < 1.29 is 4.79 Å². The third kappa shape index (κ3) is 5.48. The van der Waals surface area contributed by atoms with Gasteiger partial charge < -0.3 is 4.90 Å². The minimum Gasteiger partial charge on any atom is -0.339 e. The fourth-order valence-electron chi connectivity index (χ4n) is 4.54. The molecule has 0 bridgehead atoms. The molecular weight excluding hydrogens is 372 g/mol. The third-order valence-corrected chi connectivity index (χ3v) is 6.49. The zero-order valence-electron chi connectivity index (χ0n) is 18.1. The molecule has 2 saturated heterocycles. The van der Waals surface area contributed by atoms with Crippen molar-refractivity contribution >= 4 is 5.91 Å². The van der Waals surface area contributed by atoms with Crippen molar-refractivity contribution in [1.29, 1.82) is 0 Å². The van der Waals surface area contributed by atoms with Crippen LogP contribution in [0.4, 0.5) is 0 Å². The summed E-state index contributed by atoms with van der Waals surface area (Å²) in [6.07, 6.45) is 0. The number of nitrogens with zero attached hydrogens (tertiary/aromatic N) is 4. The molecule has 1 amide bonds. The van der Waals surface area contributed by atoms with Crippen LogP contribution in [0.3, 0.4) is 0 Å². The quantitative estimate of drug-likeness (QED) is 0.738. The Morgan fingerprint density at radius 2 is 1.13 bits per heavy atom. The Hall–Kier alpha value is -2.21. The second-order valence-corrected chi connectivity index (χ2v) is 8.56. The Morgan fingerprint density at radius 1 is 0.700 bits per heavy atom. The summed E-state index contributed by atoms with van der Waals surface area (Å²) >= 11 is 0. The molecule has 2 heterocycles. The molecule has 0 spiro atoms. The standard InChI is InChI=1S/C25H34N4O/c1-22(28-16-12-26(13-17-28)20-23-8-4-2-5-9-23)25(30)29-18-14-27(15-19-29)21-24-10-6-3-7-11-24/h2-11,22H,12-21H2,1H3. The van der Waals surface area contributed by atoms with E-state index < -0.39 is 0 Å². The number of benzene rings is 2. The van der Waals surface area contributed by atoms with Crippen LogP contribution in [0, 0.1) is 0 Å². The van der Waals surface area contributed by atoms with Crippen molar-refractivity contribution in [2.75, 3.05) is 52.4 Å². The first-order chi connectivity index (χ1) is 14.7. The van der Waals surface area contributed by atoms with Crippen LogP contribution >= 0.6 is 0 Å². The second kappa shape index (κ2) is 10.2. The van der Waals surface area contributed by atoms with Crippen LogP contribution in [0.1, 0.15) is 18.1 Å². The molecule has 1 unspecified atom stereocenters. The highest BCUT2D eigenvalue weighted by molar-refractivity contribution is 5.81. The van der Waals surface area contributed by atoms with E-state index in [4.69, 9.17) is 0 Å². The first-order valence-corrected chi connectivity index (χ1v) is 11.2. The molecular formula is C25H34N4O. The molecule has 30 heavy (non-hydrogen) atoms. The van der Waals surface area contributed by atoms with Crippen LogP contribution in [0.2, 0.25) is 0 Å². The Labute approximate surface area is 180 Å². The monoisotopic (exact) mass is 406 g/mol. The number of rotatable bonds is 6. The molecule has 2 aromatic rings. The lowest BCUT2D eigenvalue weighted by Crippen LogP contribution is -2.57. The molecule has 0 radical (unpaired) electrons. The smallest absolute Gasteiger partial charge is 0.239 e. The number of piperazine rings is 2. The van der Waals surface area contributed by atoms with Gasteiger partial charge in [0, 0.05) is 65.4 Å². The lowest BCUT2D eigenvalue weighted by atomic mass is 10.1. The third-order valence-electron chi connectivity index (χ3n) is 6.49. The Morgan fingerprint density at radius 3 is 1.60 bits per heavy atom. The topological polar surface area (TPSA) is 30.0 Å². The minimum absolute atomic E-state index is 0.0236. The molecule has 2 aromatic carbocycles. The molecule has 5 heteroatoms. The van der Waals surface area contributed by atoms with E-state index in [1.165, 1.54) is 11.1 Å². The van der Waals surface area contributed by atoms with Crippen molar-refractivity contribution in [2.24, 2.45) is 0 Å². The molecule has 4 rings (SSSR count). The van der Waals surface area contributed by atoms with Crippen LogP contribution < -0.4 is 0 Å². The molecule has 2 aliphatic rings. The highest BCUT2D eigenvalue weighted by atomic mass is 16.2. The number of hydrogen-bond donors (Lipinski definition) is 0. The highest BCUT2D eigenvalue weighted by Crippen LogP contribution is 2.14. The summed E-state index contributed by atoms with van der Waals surface area (Å²) in [6, 6.07) is 21.2. The summed E-state index contributed by atoms with van der Waals surface area (Å²) in [4.78, 5) is 22.5. The molecule has 1 atom stereocenters. The number of carbonyl (C=O) groups excluding carboxylic acids is 1. The number of carbonyl (C=O) groups is 1. The van der Waals surface area contributed by atoms with Crippen molar-refractivity contribution in [3.05, 3.63) is 71.8 Å². The van der Waals surface area contributed by atoms with Gasteiger partial charge in [0.05, 0.1) is 6.04 Å². The lowest BCUT2D eigenvalue weighted by Gasteiger charge is -2.41. The molecule has 0 N–H and O–H groups in total. The van der Waals surface area contributed by atoms with E-state index in [1.54, 1.807) is 0 Å². The van der Waals surface area contributed by atoms with E-state index in [-0.39, 0.29) is 6.04 Å². The van der Waals surface area contributed by atoms with Gasteiger partial charge in [0.1, 0.15) is 0 Å². The van der Waals surface area contributed by atoms with Gasteiger partial charge in [-0.2, -0.15) is 0 Å². The van der Waals surface area contributed by atoms with Crippen LogP contribution in [-0.2, 0) is 17.9 Å². The SMILES string of the molecule is CC(C(=O)N1CCN(Cc2ccccc2)CC1)N1CCN(Cc2ccccc2)CC1. The number of amides is 1. The summed E-state index contributed by atoms with van der Waals surface area (Å²) in [5.41, 5.74) is 2.71. The Balaban J connectivity index is 1.21. The Bertz CT molecular complexity index is 781. The van der Waals surface area contributed by atoms with Gasteiger partial charge in [-0.05, 0) is 18.1 Å². The van der Waals surface area contributed by atoms with E-state index in [1.807, 2.05) is 0 Å². The summed E-state index contributed by atoms with van der Waals surface area (Å²) in [5, 5.41) is 0. The molecule has 5 nitrogen and oxygen atoms in total. The van der Waals surface area contributed by atoms with Crippen LogP contribution in [0.5, 0.6) is 0 Å². The lowest BCUT2D eigenvalue weighted by molar-refractivity contribution is -0.139. The van der Waals surface area contributed by atoms with Crippen LogP contribution in [-0.4, -0.2) is 83.9 Å². The van der Waals surface area contributed by atoms with Gasteiger partial charge in [-0.25, -0.2) is 0 Å². The van der Waals surface area contributed by atoms with Gasteiger partial charge in [0.25, 0.3) is 0 Å². The molecule has 160 valence electrons. The largest absolute Gasteiger partial charge is 0.339 e. The minimum atomic E-state index is -0.0236. The average molecular weight is 407 g/mol. The van der Waals surface area contributed by atoms with Crippen LogP contribution in [0.15, 0.2) is 60.7 Å². The first kappa shape index (κ1) is 21.0. The summed E-state index contributed by atoms with van der Waals surface area (Å²) in [6.45, 7) is 11.6. The van der Waals surface area contributed by atoms with Gasteiger partial charge >= 0.3 is 0 Å². The molecule has 0 aliphatic carbocycles. The van der Waals surface area contributed by atoms with E-state index >= 15 is 0 Å². The van der Waals surface area contributed by atoms with Gasteiger partial charge in [0.2, 0.25) is 5.91 Å². The van der Waals surface area contributed by atoms with E-state index in [0.717, 1.165) is 65.4 Å². The maximum atomic E-state index is 13.1. The average Bonchev–Trinajstić information content (AvgIpc) is 2.80. The highest BCUT2D eigenvalue weighted by Gasteiger charge is 2.30. The summed E-state index contributed by atoms with van der Waals surface area (Å²) in [5.74, 6) is 0.297. The fraction of sp³-hybridized carbons (Fsp3) is 0.480. The zero-order valence-corrected chi connectivity index (χ0v) is 18.1. The van der Waals surface area contributed by atoms with Crippen molar-refractivity contribution in [2.45, 2.75) is 26.1 Å². The maximum Gasteiger partial charge on any atom is 0.239 e. The fourth-order valence-corrected chi connectivity index (χ4v) is 4.54. The first-order valence-electron chi connectivity index (χ1n) is 11.2. The van der Waals surface area contributed by atoms with E-state index in [2.05, 4.69) is 87.2 Å². The summed E-state index contributed by atoms with van der Waals surface area (Å²) in [7, 11) is 0. The predicted molar refractivity (Wildman–Crippen MR) is 121 cm³/mol. The van der Waals surface area contributed by atoms with Crippen molar-refractivity contribution in [1.82, 2.24) is 19.6 Å². The van der Waals surface area contributed by atoms with Crippen LogP contribution in [0.25, 0.3) is 0 Å².